The molecule has 3 heterocycles. The number of halogens is 1. The monoisotopic (exact) mass is 583 g/mol. The van der Waals surface area contributed by atoms with Crippen LogP contribution in [0.3, 0.4) is 0 Å². The topological polar surface area (TPSA) is 121 Å². The van der Waals surface area contributed by atoms with Crippen LogP contribution in [0.25, 0.3) is 5.65 Å². The molecule has 4 rings (SSSR count). The Morgan fingerprint density at radius 1 is 1.24 bits per heavy atom. The van der Waals surface area contributed by atoms with Gasteiger partial charge in [-0.15, -0.1) is 0 Å². The van der Waals surface area contributed by atoms with Crippen LogP contribution in [-0.4, -0.2) is 69.2 Å². The molecule has 2 N–H and O–H groups in total. The summed E-state index contributed by atoms with van der Waals surface area (Å²) < 4.78 is 7.13. The number of carbonyl (C=O) groups is 3. The summed E-state index contributed by atoms with van der Waals surface area (Å²) in [5.74, 6) is 0.262. The number of nitrogens with zero attached hydrogens (tertiary/aromatic N) is 5. The number of anilines is 2. The third-order valence-electron chi connectivity index (χ3n) is 6.87. The van der Waals surface area contributed by atoms with Gasteiger partial charge in [0.1, 0.15) is 11.4 Å². The lowest BCUT2D eigenvalue weighted by Gasteiger charge is -2.27. The number of hydrogen-bond acceptors (Lipinski definition) is 7. The van der Waals surface area contributed by atoms with Crippen LogP contribution in [0.15, 0.2) is 30.5 Å². The number of benzene rings is 1. The second kappa shape index (κ2) is 11.9. The SMILES string of the molecule is CC[C@@H](c1cc2nc(N3CC[C@H](NC(=O)OC(C)(C)C)C3)c(C)cn2n1)N(C)C(=O)c1cc(Cl)ccc1NC(C)=O. The molecule has 3 amide bonds. The fourth-order valence-corrected chi connectivity index (χ4v) is 5.22. The van der Waals surface area contributed by atoms with Gasteiger partial charge in [-0.3, -0.25) is 9.59 Å². The number of hydrogen-bond donors (Lipinski definition) is 2. The Kier molecular flexibility index (Phi) is 8.77. The molecule has 11 nitrogen and oxygen atoms in total. The van der Waals surface area contributed by atoms with E-state index in [1.165, 1.54) is 6.92 Å². The van der Waals surface area contributed by atoms with Crippen LogP contribution in [0.1, 0.15) is 75.1 Å². The highest BCUT2D eigenvalue weighted by molar-refractivity contribution is 6.31. The maximum Gasteiger partial charge on any atom is 0.407 e. The second-order valence-corrected chi connectivity index (χ2v) is 11.8. The molecule has 3 aromatic rings. The zero-order valence-electron chi connectivity index (χ0n) is 24.6. The molecule has 0 aliphatic carbocycles. The summed E-state index contributed by atoms with van der Waals surface area (Å²) in [5, 5.41) is 10.8. The molecular weight excluding hydrogens is 546 g/mol. The fourth-order valence-electron chi connectivity index (χ4n) is 5.05. The summed E-state index contributed by atoms with van der Waals surface area (Å²) in [6.07, 6.45) is 2.90. The Morgan fingerprint density at radius 2 is 1.98 bits per heavy atom. The summed E-state index contributed by atoms with van der Waals surface area (Å²) in [5.41, 5.74) is 2.45. The molecule has 1 aliphatic rings. The zero-order valence-corrected chi connectivity index (χ0v) is 25.4. The second-order valence-electron chi connectivity index (χ2n) is 11.4. The molecule has 1 aromatic carbocycles. The van der Waals surface area contributed by atoms with Gasteiger partial charge in [0.05, 0.1) is 29.0 Å². The van der Waals surface area contributed by atoms with E-state index in [1.807, 2.05) is 46.9 Å². The number of ether oxygens (including phenoxy) is 1. The van der Waals surface area contributed by atoms with Gasteiger partial charge in [0, 0.05) is 49.9 Å². The van der Waals surface area contributed by atoms with Crippen LogP contribution in [-0.2, 0) is 9.53 Å². The van der Waals surface area contributed by atoms with Crippen molar-refractivity contribution >= 4 is 46.7 Å². The third-order valence-corrected chi connectivity index (χ3v) is 7.11. The lowest BCUT2D eigenvalue weighted by Crippen LogP contribution is -2.40. The number of aryl methyl sites for hydroxylation is 1. The van der Waals surface area contributed by atoms with E-state index in [0.29, 0.717) is 40.6 Å². The van der Waals surface area contributed by atoms with Crippen LogP contribution < -0.4 is 15.5 Å². The quantitative estimate of drug-likeness (QED) is 0.402. The van der Waals surface area contributed by atoms with Crippen molar-refractivity contribution < 1.29 is 19.1 Å². The van der Waals surface area contributed by atoms with Gasteiger partial charge in [-0.1, -0.05) is 18.5 Å². The van der Waals surface area contributed by atoms with Crippen molar-refractivity contribution in [2.45, 2.75) is 72.1 Å². The standard InChI is InChI=1S/C29H38ClN7O4/c1-8-24(35(7)27(39)21-13-19(30)9-10-22(21)31-18(3)38)23-14-25-33-26(17(2)15-37(25)34-23)36-12-11-20(16-36)32-28(40)41-29(4,5)6/h9-10,13-15,20,24H,8,11-12,16H2,1-7H3,(H,31,38)(H,32,40)/t20-,24-/m0/s1. The number of nitrogens with one attached hydrogen (secondary N) is 2. The van der Waals surface area contributed by atoms with Gasteiger partial charge < -0.3 is 25.2 Å². The summed E-state index contributed by atoms with van der Waals surface area (Å²) in [7, 11) is 1.71. The summed E-state index contributed by atoms with van der Waals surface area (Å²) in [6, 6.07) is 6.31. The first kappa shape index (κ1) is 30.1. The van der Waals surface area contributed by atoms with Crippen molar-refractivity contribution in [1.82, 2.24) is 24.8 Å². The highest BCUT2D eigenvalue weighted by atomic mass is 35.5. The molecule has 1 fully saturated rings. The van der Waals surface area contributed by atoms with E-state index in [0.717, 1.165) is 24.3 Å². The summed E-state index contributed by atoms with van der Waals surface area (Å²) in [6.45, 7) is 12.2. The van der Waals surface area contributed by atoms with Gasteiger partial charge in [0.2, 0.25) is 5.91 Å². The Morgan fingerprint density at radius 3 is 2.63 bits per heavy atom. The number of fused-ring (bicyclic) bond motifs is 1. The van der Waals surface area contributed by atoms with E-state index in [-0.39, 0.29) is 23.9 Å². The number of aromatic nitrogens is 3. The molecule has 41 heavy (non-hydrogen) atoms. The minimum absolute atomic E-state index is 0.0410. The first-order chi connectivity index (χ1) is 19.3. The van der Waals surface area contributed by atoms with Crippen molar-refractivity contribution in [1.29, 1.82) is 0 Å². The molecule has 0 bridgehead atoms. The molecule has 2 aromatic heterocycles. The van der Waals surface area contributed by atoms with Gasteiger partial charge in [0.25, 0.3) is 5.91 Å². The van der Waals surface area contributed by atoms with Crippen molar-refractivity contribution in [2.75, 3.05) is 30.4 Å². The van der Waals surface area contributed by atoms with Gasteiger partial charge in [-0.05, 0) is 58.7 Å². The number of rotatable bonds is 7. The number of carbonyl (C=O) groups excluding carboxylic acids is 3. The lowest BCUT2D eigenvalue weighted by molar-refractivity contribution is -0.114. The summed E-state index contributed by atoms with van der Waals surface area (Å²) >= 11 is 6.19. The Balaban J connectivity index is 1.54. The van der Waals surface area contributed by atoms with Crippen LogP contribution in [0.5, 0.6) is 0 Å². The largest absolute Gasteiger partial charge is 0.444 e. The van der Waals surface area contributed by atoms with Crippen molar-refractivity contribution in [3.05, 3.63) is 52.3 Å². The third kappa shape index (κ3) is 7.08. The zero-order chi connectivity index (χ0) is 30.1. The molecular formula is C29H38ClN7O4. The Bertz CT molecular complexity index is 1470. The first-order valence-corrected chi connectivity index (χ1v) is 14.1. The van der Waals surface area contributed by atoms with Crippen LogP contribution in [0.4, 0.5) is 16.3 Å². The van der Waals surface area contributed by atoms with Crippen molar-refractivity contribution in [2.24, 2.45) is 0 Å². The summed E-state index contributed by atoms with van der Waals surface area (Å²) in [4.78, 5) is 46.2. The predicted molar refractivity (Wildman–Crippen MR) is 159 cm³/mol. The molecule has 0 saturated carbocycles. The Hall–Kier alpha value is -3.86. The number of amides is 3. The maximum atomic E-state index is 13.6. The first-order valence-electron chi connectivity index (χ1n) is 13.7. The molecule has 0 spiro atoms. The van der Waals surface area contributed by atoms with Gasteiger partial charge in [0.15, 0.2) is 5.65 Å². The highest BCUT2D eigenvalue weighted by Gasteiger charge is 2.29. The molecule has 220 valence electrons. The minimum atomic E-state index is -0.553. The molecule has 0 unspecified atom stereocenters. The molecule has 0 radical (unpaired) electrons. The van der Waals surface area contributed by atoms with Crippen LogP contribution in [0, 0.1) is 6.92 Å². The van der Waals surface area contributed by atoms with E-state index < -0.39 is 11.7 Å². The van der Waals surface area contributed by atoms with Crippen LogP contribution >= 0.6 is 11.6 Å². The van der Waals surface area contributed by atoms with E-state index in [2.05, 4.69) is 15.5 Å². The lowest BCUT2D eigenvalue weighted by atomic mass is 10.1. The van der Waals surface area contributed by atoms with E-state index >= 15 is 0 Å². The smallest absolute Gasteiger partial charge is 0.407 e. The van der Waals surface area contributed by atoms with Gasteiger partial charge >= 0.3 is 6.09 Å². The Labute approximate surface area is 245 Å². The van der Waals surface area contributed by atoms with Gasteiger partial charge in [-0.25, -0.2) is 14.3 Å². The van der Waals surface area contributed by atoms with E-state index in [9.17, 15) is 14.4 Å². The van der Waals surface area contributed by atoms with Gasteiger partial charge in [-0.2, -0.15) is 5.10 Å². The molecule has 12 heteroatoms. The van der Waals surface area contributed by atoms with Crippen molar-refractivity contribution in [3.63, 3.8) is 0 Å². The highest BCUT2D eigenvalue weighted by Crippen LogP contribution is 2.30. The molecule has 2 atom stereocenters. The van der Waals surface area contributed by atoms with Crippen molar-refractivity contribution in [3.8, 4) is 0 Å². The van der Waals surface area contributed by atoms with E-state index in [4.69, 9.17) is 26.4 Å². The predicted octanol–water partition coefficient (Wildman–Crippen LogP) is 4.98. The normalized spacial score (nSPS) is 16.0. The molecule has 1 saturated heterocycles. The van der Waals surface area contributed by atoms with Crippen LogP contribution in [0.2, 0.25) is 5.02 Å². The maximum absolute atomic E-state index is 13.6. The van der Waals surface area contributed by atoms with E-state index in [1.54, 1.807) is 34.7 Å². The average molecular weight is 584 g/mol. The minimum Gasteiger partial charge on any atom is -0.444 e. The molecule has 1 aliphatic heterocycles. The fraction of sp³-hybridized carbons (Fsp3) is 0.483. The average Bonchev–Trinajstić information content (AvgIpc) is 3.49. The number of alkyl carbamates (subject to hydrolysis) is 1.